The predicted octanol–water partition coefficient (Wildman–Crippen LogP) is 1.87. The van der Waals surface area contributed by atoms with E-state index in [1.54, 1.807) is 5.32 Å². The number of benzene rings is 1. The van der Waals surface area contributed by atoms with Gasteiger partial charge in [0.1, 0.15) is 0 Å². The number of alkyl halides is 3. The largest absolute Gasteiger partial charge is 0.471 e. The van der Waals surface area contributed by atoms with Crippen LogP contribution in [-0.4, -0.2) is 26.8 Å². The van der Waals surface area contributed by atoms with E-state index in [-0.39, 0.29) is 11.4 Å². The van der Waals surface area contributed by atoms with Gasteiger partial charge < -0.3 is 5.32 Å². The Hall–Kier alpha value is -1.77. The van der Waals surface area contributed by atoms with Gasteiger partial charge in [-0.05, 0) is 30.7 Å². The fourth-order valence-electron chi connectivity index (χ4n) is 1.26. The minimum atomic E-state index is -4.97. The highest BCUT2D eigenvalue weighted by molar-refractivity contribution is 7.92. The molecule has 0 bridgehead atoms. The normalized spacial score (nSPS) is 12.1. The molecule has 0 heterocycles. The van der Waals surface area contributed by atoms with Crippen LogP contribution in [0, 0.1) is 6.92 Å². The van der Waals surface area contributed by atoms with E-state index in [1.165, 1.54) is 25.1 Å². The van der Waals surface area contributed by atoms with Crippen molar-refractivity contribution in [1.29, 1.82) is 0 Å². The number of carbonyl (C=O) groups excluding carboxylic acids is 1. The maximum Gasteiger partial charge on any atom is 0.471 e. The number of rotatable bonds is 3. The second-order valence-electron chi connectivity index (χ2n) is 3.86. The van der Waals surface area contributed by atoms with Crippen molar-refractivity contribution in [3.8, 4) is 0 Å². The summed E-state index contributed by atoms with van der Waals surface area (Å²) in [5.74, 6) is -2.09. The number of nitrogens with one attached hydrogen (secondary N) is 2. The number of carbonyl (C=O) groups is 1. The van der Waals surface area contributed by atoms with Gasteiger partial charge >= 0.3 is 12.1 Å². The summed E-state index contributed by atoms with van der Waals surface area (Å²) in [7, 11) is -3.48. The average molecular weight is 296 g/mol. The molecule has 0 fully saturated rings. The van der Waals surface area contributed by atoms with E-state index in [2.05, 4.69) is 4.72 Å². The minimum Gasteiger partial charge on any atom is -0.318 e. The van der Waals surface area contributed by atoms with E-state index in [0.717, 1.165) is 6.26 Å². The van der Waals surface area contributed by atoms with Gasteiger partial charge in [0, 0.05) is 5.69 Å². The molecule has 5 nitrogen and oxygen atoms in total. The lowest BCUT2D eigenvalue weighted by Gasteiger charge is -2.11. The van der Waals surface area contributed by atoms with Crippen molar-refractivity contribution in [3.05, 3.63) is 23.8 Å². The molecule has 0 aliphatic rings. The third-order valence-electron chi connectivity index (χ3n) is 2.04. The molecule has 2 N–H and O–H groups in total. The maximum absolute atomic E-state index is 12.0. The van der Waals surface area contributed by atoms with Crippen LogP contribution in [0.2, 0.25) is 0 Å². The zero-order chi connectivity index (χ0) is 14.8. The molecule has 0 atom stereocenters. The monoisotopic (exact) mass is 296 g/mol. The van der Waals surface area contributed by atoms with Crippen molar-refractivity contribution in [2.24, 2.45) is 0 Å². The molecular formula is C10H11F3N2O3S. The maximum atomic E-state index is 12.0. The molecule has 0 aliphatic heterocycles. The van der Waals surface area contributed by atoms with Gasteiger partial charge in [-0.1, -0.05) is 0 Å². The van der Waals surface area contributed by atoms with Crippen LogP contribution in [0.5, 0.6) is 0 Å². The number of amides is 1. The van der Waals surface area contributed by atoms with E-state index in [0.29, 0.717) is 5.56 Å². The van der Waals surface area contributed by atoms with Crippen LogP contribution in [-0.2, 0) is 14.8 Å². The first kappa shape index (κ1) is 15.3. The van der Waals surface area contributed by atoms with E-state index >= 15 is 0 Å². The molecule has 1 amide bonds. The Morgan fingerprint density at radius 2 is 1.84 bits per heavy atom. The standard InChI is InChI=1S/C10H11F3N2O3S/c1-6-5-7(14-9(16)10(11,12)13)3-4-8(6)15-19(2,17)18/h3-5,15H,1-2H3,(H,14,16). The summed E-state index contributed by atoms with van der Waals surface area (Å²) < 4.78 is 60.3. The first-order chi connectivity index (χ1) is 8.49. The zero-order valence-corrected chi connectivity index (χ0v) is 10.8. The molecule has 0 saturated heterocycles. The van der Waals surface area contributed by atoms with Crippen LogP contribution >= 0.6 is 0 Å². The van der Waals surface area contributed by atoms with Crippen LogP contribution in [0.15, 0.2) is 18.2 Å². The van der Waals surface area contributed by atoms with Gasteiger partial charge in [-0.2, -0.15) is 13.2 Å². The minimum absolute atomic E-state index is 0.0705. The highest BCUT2D eigenvalue weighted by atomic mass is 32.2. The Kier molecular flexibility index (Phi) is 4.09. The number of hydrogen-bond donors (Lipinski definition) is 2. The first-order valence-corrected chi connectivity index (χ1v) is 6.85. The second-order valence-corrected chi connectivity index (χ2v) is 5.60. The quantitative estimate of drug-likeness (QED) is 0.894. The summed E-state index contributed by atoms with van der Waals surface area (Å²) in [5, 5.41) is 1.67. The number of sulfonamides is 1. The number of anilines is 2. The molecule has 1 rings (SSSR count). The van der Waals surface area contributed by atoms with Crippen LogP contribution in [0.4, 0.5) is 24.5 Å². The number of aryl methyl sites for hydroxylation is 1. The van der Waals surface area contributed by atoms with Gasteiger partial charge in [-0.3, -0.25) is 9.52 Å². The molecule has 19 heavy (non-hydrogen) atoms. The van der Waals surface area contributed by atoms with Crippen LogP contribution in [0.1, 0.15) is 5.56 Å². The van der Waals surface area contributed by atoms with Gasteiger partial charge in [0.2, 0.25) is 10.0 Å². The molecule has 0 spiro atoms. The number of halogens is 3. The summed E-state index contributed by atoms with van der Waals surface area (Å²) >= 11 is 0. The third-order valence-corrected chi connectivity index (χ3v) is 2.63. The average Bonchev–Trinajstić information content (AvgIpc) is 2.19. The van der Waals surface area contributed by atoms with Crippen molar-refractivity contribution >= 4 is 27.3 Å². The summed E-state index contributed by atoms with van der Waals surface area (Å²) in [5.41, 5.74) is 0.539. The molecule has 0 aromatic heterocycles. The van der Waals surface area contributed by atoms with Crippen LogP contribution in [0.3, 0.4) is 0 Å². The lowest BCUT2D eigenvalue weighted by Crippen LogP contribution is -2.29. The van der Waals surface area contributed by atoms with E-state index in [1.807, 2.05) is 0 Å². The Labute approximate surface area is 107 Å². The topological polar surface area (TPSA) is 75.3 Å². The van der Waals surface area contributed by atoms with Gasteiger partial charge in [0.05, 0.1) is 11.9 Å². The zero-order valence-electron chi connectivity index (χ0n) is 10.00. The van der Waals surface area contributed by atoms with Crippen LogP contribution in [0.25, 0.3) is 0 Å². The Morgan fingerprint density at radius 3 is 2.26 bits per heavy atom. The van der Waals surface area contributed by atoms with E-state index in [9.17, 15) is 26.4 Å². The highest BCUT2D eigenvalue weighted by Crippen LogP contribution is 2.23. The summed E-state index contributed by atoms with van der Waals surface area (Å²) in [6.45, 7) is 1.50. The van der Waals surface area contributed by atoms with E-state index < -0.39 is 22.1 Å². The molecular weight excluding hydrogens is 285 g/mol. The van der Waals surface area contributed by atoms with Gasteiger partial charge in [0.25, 0.3) is 0 Å². The Morgan fingerprint density at radius 1 is 1.26 bits per heavy atom. The fraction of sp³-hybridized carbons (Fsp3) is 0.300. The molecule has 0 saturated carbocycles. The molecule has 0 unspecified atom stereocenters. The molecule has 1 aromatic rings. The highest BCUT2D eigenvalue weighted by Gasteiger charge is 2.38. The van der Waals surface area contributed by atoms with Crippen molar-refractivity contribution in [3.63, 3.8) is 0 Å². The SMILES string of the molecule is Cc1cc(NC(=O)C(F)(F)F)ccc1NS(C)(=O)=O. The van der Waals surface area contributed by atoms with Crippen molar-refractivity contribution < 1.29 is 26.4 Å². The van der Waals surface area contributed by atoms with Crippen molar-refractivity contribution in [2.45, 2.75) is 13.1 Å². The second kappa shape index (κ2) is 5.08. The molecule has 9 heteroatoms. The molecule has 0 radical (unpaired) electrons. The molecule has 106 valence electrons. The smallest absolute Gasteiger partial charge is 0.318 e. The molecule has 1 aromatic carbocycles. The summed E-state index contributed by atoms with van der Waals surface area (Å²) in [6, 6.07) is 3.67. The number of hydrogen-bond acceptors (Lipinski definition) is 3. The fourth-order valence-corrected chi connectivity index (χ4v) is 1.89. The van der Waals surface area contributed by atoms with Crippen LogP contribution < -0.4 is 10.0 Å². The predicted molar refractivity (Wildman–Crippen MR) is 64.3 cm³/mol. The molecule has 0 aliphatic carbocycles. The lowest BCUT2D eigenvalue weighted by molar-refractivity contribution is -0.167. The summed E-state index contributed by atoms with van der Waals surface area (Å²) in [6.07, 6.45) is -4.02. The van der Waals surface area contributed by atoms with Gasteiger partial charge in [-0.15, -0.1) is 0 Å². The third kappa shape index (κ3) is 4.78. The Balaban J connectivity index is 2.92. The lowest BCUT2D eigenvalue weighted by atomic mass is 10.2. The van der Waals surface area contributed by atoms with Gasteiger partial charge in [-0.25, -0.2) is 8.42 Å². The summed E-state index contributed by atoms with van der Waals surface area (Å²) in [4.78, 5) is 10.7. The van der Waals surface area contributed by atoms with Gasteiger partial charge in [0.15, 0.2) is 0 Å². The van der Waals surface area contributed by atoms with E-state index in [4.69, 9.17) is 0 Å². The van der Waals surface area contributed by atoms with Crippen molar-refractivity contribution in [2.75, 3.05) is 16.3 Å². The Bertz CT molecular complexity index is 597. The van der Waals surface area contributed by atoms with Crippen molar-refractivity contribution in [1.82, 2.24) is 0 Å². The first-order valence-electron chi connectivity index (χ1n) is 4.95.